The van der Waals surface area contributed by atoms with E-state index in [2.05, 4.69) is 5.32 Å². The summed E-state index contributed by atoms with van der Waals surface area (Å²) in [4.78, 5) is 22.7. The van der Waals surface area contributed by atoms with Crippen LogP contribution in [0.2, 0.25) is 5.02 Å². The molecule has 7 heteroatoms. The minimum atomic E-state index is -1.20. The minimum Gasteiger partial charge on any atom is -0.480 e. The number of carboxylic acids is 1. The molecule has 0 aliphatic heterocycles. The average Bonchev–Trinajstić information content (AvgIpc) is 2.35. The number of nitrogens with one attached hydrogen (secondary N) is 1. The molecule has 22 heavy (non-hydrogen) atoms. The monoisotopic (exact) mass is 329 g/mol. The Kier molecular flexibility index (Phi) is 6.64. The quantitative estimate of drug-likeness (QED) is 0.838. The van der Waals surface area contributed by atoms with Gasteiger partial charge in [-0.05, 0) is 38.5 Å². The summed E-state index contributed by atoms with van der Waals surface area (Å²) in [6.07, 6.45) is -0.800. The molecule has 0 unspecified atom stereocenters. The van der Waals surface area contributed by atoms with Crippen LogP contribution in [-0.2, 0) is 20.9 Å². The van der Waals surface area contributed by atoms with E-state index in [-0.39, 0.29) is 13.2 Å². The van der Waals surface area contributed by atoms with Gasteiger partial charge < -0.3 is 19.9 Å². The van der Waals surface area contributed by atoms with E-state index in [1.165, 1.54) is 0 Å². The zero-order chi connectivity index (χ0) is 16.8. The number of hydrogen-bond acceptors (Lipinski definition) is 4. The fraction of sp³-hybridized carbons (Fsp3) is 0.467. The molecule has 0 aliphatic carbocycles. The van der Waals surface area contributed by atoms with Crippen LogP contribution in [0.25, 0.3) is 0 Å². The Hall–Kier alpha value is -1.79. The van der Waals surface area contributed by atoms with Crippen molar-refractivity contribution in [1.29, 1.82) is 0 Å². The topological polar surface area (TPSA) is 84.9 Å². The first kappa shape index (κ1) is 18.3. The highest BCUT2D eigenvalue weighted by atomic mass is 35.5. The maximum atomic E-state index is 11.6. The number of amides is 1. The normalized spacial score (nSPS) is 12.5. The molecule has 1 aromatic carbocycles. The number of aliphatic carboxylic acids is 1. The van der Waals surface area contributed by atoms with Crippen LogP contribution in [0, 0.1) is 0 Å². The van der Waals surface area contributed by atoms with Crippen LogP contribution in [0.15, 0.2) is 24.3 Å². The van der Waals surface area contributed by atoms with Gasteiger partial charge in [-0.1, -0.05) is 23.7 Å². The van der Waals surface area contributed by atoms with Gasteiger partial charge in [0.25, 0.3) is 0 Å². The third kappa shape index (κ3) is 7.28. The molecule has 2 N–H and O–H groups in total. The summed E-state index contributed by atoms with van der Waals surface area (Å²) in [5.74, 6) is -1.20. The lowest BCUT2D eigenvalue weighted by atomic mass is 10.2. The third-order valence-electron chi connectivity index (χ3n) is 2.43. The molecule has 0 spiro atoms. The van der Waals surface area contributed by atoms with Crippen molar-refractivity contribution in [3.8, 4) is 0 Å². The molecule has 1 aromatic rings. The second-order valence-corrected chi connectivity index (χ2v) is 6.12. The van der Waals surface area contributed by atoms with Gasteiger partial charge in [0.15, 0.2) is 6.04 Å². The molecular weight excluding hydrogens is 310 g/mol. The lowest BCUT2D eigenvalue weighted by Gasteiger charge is -2.22. The molecule has 1 rings (SSSR count). The first-order valence-electron chi connectivity index (χ1n) is 6.72. The van der Waals surface area contributed by atoms with Crippen molar-refractivity contribution >= 4 is 23.7 Å². The number of hydrogen-bond donors (Lipinski definition) is 2. The Bertz CT molecular complexity index is 527. The summed E-state index contributed by atoms with van der Waals surface area (Å²) < 4.78 is 10.3. The van der Waals surface area contributed by atoms with Gasteiger partial charge >= 0.3 is 12.1 Å². The molecule has 122 valence electrons. The lowest BCUT2D eigenvalue weighted by molar-refractivity contribution is -0.141. The van der Waals surface area contributed by atoms with E-state index >= 15 is 0 Å². The summed E-state index contributed by atoms with van der Waals surface area (Å²) in [6.45, 7) is 5.09. The Balaban J connectivity index is 2.48. The van der Waals surface area contributed by atoms with Gasteiger partial charge in [-0.15, -0.1) is 0 Å². The van der Waals surface area contributed by atoms with Crippen molar-refractivity contribution in [1.82, 2.24) is 5.32 Å². The second kappa shape index (κ2) is 8.00. The summed E-state index contributed by atoms with van der Waals surface area (Å²) in [7, 11) is 0. The second-order valence-electron chi connectivity index (χ2n) is 5.68. The van der Waals surface area contributed by atoms with Crippen molar-refractivity contribution in [2.75, 3.05) is 6.61 Å². The number of carbonyl (C=O) groups excluding carboxylic acids is 1. The van der Waals surface area contributed by atoms with Gasteiger partial charge in [0.05, 0.1) is 13.2 Å². The zero-order valence-electron chi connectivity index (χ0n) is 12.8. The Labute approximate surface area is 134 Å². The van der Waals surface area contributed by atoms with Crippen LogP contribution in [-0.4, -0.2) is 35.4 Å². The SMILES string of the molecule is CC(C)(C)OC(=O)N[C@H](COCc1cccc(Cl)c1)C(=O)O. The van der Waals surface area contributed by atoms with Crippen LogP contribution in [0.1, 0.15) is 26.3 Å². The molecule has 0 saturated heterocycles. The van der Waals surface area contributed by atoms with Gasteiger partial charge in [-0.3, -0.25) is 0 Å². The van der Waals surface area contributed by atoms with E-state index < -0.39 is 23.7 Å². The fourth-order valence-corrected chi connectivity index (χ4v) is 1.76. The molecule has 0 heterocycles. The Morgan fingerprint density at radius 2 is 2.05 bits per heavy atom. The summed E-state index contributed by atoms with van der Waals surface area (Å²) in [5.41, 5.74) is 0.114. The summed E-state index contributed by atoms with van der Waals surface area (Å²) >= 11 is 5.84. The van der Waals surface area contributed by atoms with Crippen LogP contribution in [0.5, 0.6) is 0 Å². The third-order valence-corrected chi connectivity index (χ3v) is 2.67. The van der Waals surface area contributed by atoms with E-state index in [1.54, 1.807) is 39.0 Å². The highest BCUT2D eigenvalue weighted by molar-refractivity contribution is 6.30. The molecule has 0 radical (unpaired) electrons. The number of halogens is 1. The number of benzene rings is 1. The molecule has 0 aromatic heterocycles. The molecule has 0 bridgehead atoms. The van der Waals surface area contributed by atoms with Gasteiger partial charge in [0, 0.05) is 5.02 Å². The highest BCUT2D eigenvalue weighted by Crippen LogP contribution is 2.11. The highest BCUT2D eigenvalue weighted by Gasteiger charge is 2.24. The van der Waals surface area contributed by atoms with Crippen molar-refractivity contribution in [2.24, 2.45) is 0 Å². The van der Waals surface area contributed by atoms with Crippen molar-refractivity contribution in [3.05, 3.63) is 34.9 Å². The Morgan fingerprint density at radius 3 is 2.59 bits per heavy atom. The van der Waals surface area contributed by atoms with Crippen molar-refractivity contribution in [3.63, 3.8) is 0 Å². The first-order valence-corrected chi connectivity index (χ1v) is 7.09. The lowest BCUT2D eigenvalue weighted by Crippen LogP contribution is -2.46. The maximum Gasteiger partial charge on any atom is 0.408 e. The van der Waals surface area contributed by atoms with Crippen molar-refractivity contribution < 1.29 is 24.2 Å². The zero-order valence-corrected chi connectivity index (χ0v) is 13.5. The van der Waals surface area contributed by atoms with Gasteiger partial charge in [-0.25, -0.2) is 9.59 Å². The van der Waals surface area contributed by atoms with Gasteiger partial charge in [0.1, 0.15) is 5.60 Å². The number of carbonyl (C=O) groups is 2. The molecule has 1 amide bonds. The first-order chi connectivity index (χ1) is 10.2. The standard InChI is InChI=1S/C15H20ClNO5/c1-15(2,3)22-14(20)17-12(13(18)19)9-21-8-10-5-4-6-11(16)7-10/h4-7,12H,8-9H2,1-3H3,(H,17,20)(H,18,19)/t12-/m1/s1. The van der Waals surface area contributed by atoms with Crippen LogP contribution >= 0.6 is 11.6 Å². The summed E-state index contributed by atoms with van der Waals surface area (Å²) in [5, 5.41) is 11.9. The van der Waals surface area contributed by atoms with Crippen LogP contribution < -0.4 is 5.32 Å². The van der Waals surface area contributed by atoms with E-state index in [0.717, 1.165) is 5.56 Å². The van der Waals surface area contributed by atoms with Crippen LogP contribution in [0.4, 0.5) is 4.79 Å². The molecule has 0 aliphatic rings. The largest absolute Gasteiger partial charge is 0.480 e. The van der Waals surface area contributed by atoms with Gasteiger partial charge in [0.2, 0.25) is 0 Å². The van der Waals surface area contributed by atoms with E-state index in [4.69, 9.17) is 26.2 Å². The molecule has 0 fully saturated rings. The van der Waals surface area contributed by atoms with E-state index in [9.17, 15) is 9.59 Å². The predicted molar refractivity (Wildman–Crippen MR) is 81.9 cm³/mol. The molecular formula is C15H20ClNO5. The van der Waals surface area contributed by atoms with Gasteiger partial charge in [-0.2, -0.15) is 0 Å². The average molecular weight is 330 g/mol. The predicted octanol–water partition coefficient (Wildman–Crippen LogP) is 2.83. The smallest absolute Gasteiger partial charge is 0.408 e. The molecule has 6 nitrogen and oxygen atoms in total. The van der Waals surface area contributed by atoms with E-state index in [0.29, 0.717) is 5.02 Å². The van der Waals surface area contributed by atoms with Crippen molar-refractivity contribution in [2.45, 2.75) is 39.0 Å². The number of rotatable bonds is 6. The fourth-order valence-electron chi connectivity index (χ4n) is 1.55. The summed E-state index contributed by atoms with van der Waals surface area (Å²) in [6, 6.07) is 5.85. The Morgan fingerprint density at radius 1 is 1.36 bits per heavy atom. The minimum absolute atomic E-state index is 0.179. The molecule has 0 saturated carbocycles. The molecule has 1 atom stereocenters. The number of carboxylic acid groups (broad SMARTS) is 1. The maximum absolute atomic E-state index is 11.6. The van der Waals surface area contributed by atoms with Crippen LogP contribution in [0.3, 0.4) is 0 Å². The number of alkyl carbamates (subject to hydrolysis) is 1. The number of ether oxygens (including phenoxy) is 2. The van der Waals surface area contributed by atoms with E-state index in [1.807, 2.05) is 6.07 Å².